The van der Waals surface area contributed by atoms with Gasteiger partial charge in [-0.2, -0.15) is 5.26 Å². The quantitative estimate of drug-likeness (QED) is 0.681. The van der Waals surface area contributed by atoms with Gasteiger partial charge in [-0.3, -0.25) is 4.79 Å². The molecular weight excluding hydrogens is 194 g/mol. The molecule has 1 amide bonds. The topological polar surface area (TPSA) is 79.3 Å². The first-order chi connectivity index (χ1) is 7.01. The fourth-order valence-electron chi connectivity index (χ4n) is 1.43. The van der Waals surface area contributed by atoms with E-state index >= 15 is 0 Å². The van der Waals surface area contributed by atoms with Gasteiger partial charge in [0.05, 0.1) is 24.6 Å². The lowest BCUT2D eigenvalue weighted by Gasteiger charge is -2.35. The first kappa shape index (κ1) is 12.0. The highest BCUT2D eigenvalue weighted by molar-refractivity contribution is 5.82. The van der Waals surface area contributed by atoms with Gasteiger partial charge in [0.1, 0.15) is 0 Å². The van der Waals surface area contributed by atoms with E-state index in [9.17, 15) is 4.79 Å². The third kappa shape index (κ3) is 2.67. The Morgan fingerprint density at radius 2 is 2.40 bits per heavy atom. The number of carbonyl (C=O) groups is 1. The van der Waals surface area contributed by atoms with E-state index < -0.39 is 11.5 Å². The van der Waals surface area contributed by atoms with Crippen molar-refractivity contribution in [3.05, 3.63) is 0 Å². The highest BCUT2D eigenvalue weighted by Gasteiger charge is 2.33. The molecule has 0 radical (unpaired) electrons. The van der Waals surface area contributed by atoms with E-state index in [1.807, 2.05) is 19.9 Å². The average Bonchev–Trinajstić information content (AvgIpc) is 2.28. The minimum absolute atomic E-state index is 0.00597. The van der Waals surface area contributed by atoms with Crippen LogP contribution >= 0.6 is 0 Å². The number of amides is 1. The van der Waals surface area contributed by atoms with Crippen molar-refractivity contribution >= 4 is 5.91 Å². The summed E-state index contributed by atoms with van der Waals surface area (Å²) >= 11 is 0. The van der Waals surface area contributed by atoms with Crippen LogP contribution in [0.3, 0.4) is 0 Å². The van der Waals surface area contributed by atoms with Crippen molar-refractivity contribution in [2.24, 2.45) is 11.1 Å². The summed E-state index contributed by atoms with van der Waals surface area (Å²) in [4.78, 5) is 13.7. The summed E-state index contributed by atoms with van der Waals surface area (Å²) in [7, 11) is 0. The lowest BCUT2D eigenvalue weighted by molar-refractivity contribution is -0.145. The summed E-state index contributed by atoms with van der Waals surface area (Å²) in [6.45, 7) is 5.24. The van der Waals surface area contributed by atoms with E-state index in [-0.39, 0.29) is 5.91 Å². The third-order valence-electron chi connectivity index (χ3n) is 2.59. The molecule has 2 N–H and O–H groups in total. The molecule has 0 bridgehead atoms. The lowest BCUT2D eigenvalue weighted by Crippen LogP contribution is -2.51. The highest BCUT2D eigenvalue weighted by Crippen LogP contribution is 2.18. The minimum atomic E-state index is -0.558. The maximum atomic E-state index is 12.0. The van der Waals surface area contributed by atoms with E-state index in [4.69, 9.17) is 15.7 Å². The molecule has 5 nitrogen and oxygen atoms in total. The van der Waals surface area contributed by atoms with Gasteiger partial charge >= 0.3 is 0 Å². The van der Waals surface area contributed by atoms with E-state index in [0.29, 0.717) is 26.2 Å². The zero-order chi connectivity index (χ0) is 11.5. The number of nitrogens with zero attached hydrogens (tertiary/aromatic N) is 2. The zero-order valence-electron chi connectivity index (χ0n) is 9.19. The number of ether oxygens (including phenoxy) is 1. The number of nitriles is 1. The van der Waals surface area contributed by atoms with Gasteiger partial charge in [0, 0.05) is 13.1 Å². The number of hydrogen-bond donors (Lipinski definition) is 1. The first-order valence-corrected chi connectivity index (χ1v) is 5.02. The Labute approximate surface area is 89.8 Å². The Hall–Kier alpha value is -1.12. The van der Waals surface area contributed by atoms with Crippen molar-refractivity contribution in [1.29, 1.82) is 5.26 Å². The first-order valence-electron chi connectivity index (χ1n) is 5.02. The maximum Gasteiger partial charge on any atom is 0.229 e. The molecule has 1 aliphatic heterocycles. The Morgan fingerprint density at radius 3 is 2.93 bits per heavy atom. The normalized spacial score (nSPS) is 22.3. The summed E-state index contributed by atoms with van der Waals surface area (Å²) < 4.78 is 5.17. The van der Waals surface area contributed by atoms with Crippen LogP contribution in [0.4, 0.5) is 0 Å². The molecule has 0 saturated carbocycles. The summed E-state index contributed by atoms with van der Waals surface area (Å²) in [5.74, 6) is -0.00597. The second kappa shape index (κ2) is 4.60. The van der Waals surface area contributed by atoms with E-state index in [1.54, 1.807) is 4.90 Å². The van der Waals surface area contributed by atoms with Crippen LogP contribution < -0.4 is 5.73 Å². The van der Waals surface area contributed by atoms with Crippen LogP contribution in [0.1, 0.15) is 13.8 Å². The van der Waals surface area contributed by atoms with E-state index in [1.165, 1.54) is 0 Å². The van der Waals surface area contributed by atoms with Crippen LogP contribution in [0.2, 0.25) is 0 Å². The molecule has 1 unspecified atom stereocenters. The van der Waals surface area contributed by atoms with Crippen molar-refractivity contribution in [2.45, 2.75) is 20.0 Å². The summed E-state index contributed by atoms with van der Waals surface area (Å²) in [6.07, 6.45) is -0.503. The van der Waals surface area contributed by atoms with Crippen molar-refractivity contribution in [3.63, 3.8) is 0 Å². The van der Waals surface area contributed by atoms with Gasteiger partial charge in [0.15, 0.2) is 6.10 Å². The van der Waals surface area contributed by atoms with Crippen LogP contribution in [0.15, 0.2) is 0 Å². The fourth-order valence-corrected chi connectivity index (χ4v) is 1.43. The molecule has 1 fully saturated rings. The number of carbonyl (C=O) groups excluding carboxylic acids is 1. The predicted molar refractivity (Wildman–Crippen MR) is 54.8 cm³/mol. The smallest absolute Gasteiger partial charge is 0.229 e. The Bertz CT molecular complexity index is 283. The molecule has 1 rings (SSSR count). The molecule has 0 aliphatic carbocycles. The number of hydrogen-bond acceptors (Lipinski definition) is 4. The standard InChI is InChI=1S/C10H17N3O2/c1-10(2,7-12)9(14)13-3-4-15-8(5-11)6-13/h8H,3-4,6-7,12H2,1-2H3. The fraction of sp³-hybridized carbons (Fsp3) is 0.800. The molecule has 0 aromatic rings. The Kier molecular flexibility index (Phi) is 3.66. The average molecular weight is 211 g/mol. The monoisotopic (exact) mass is 211 g/mol. The van der Waals surface area contributed by atoms with Gasteiger partial charge < -0.3 is 15.4 Å². The molecular formula is C10H17N3O2. The SMILES string of the molecule is CC(C)(CN)C(=O)N1CCOC(C#N)C1. The van der Waals surface area contributed by atoms with Crippen molar-refractivity contribution in [2.75, 3.05) is 26.2 Å². The van der Waals surface area contributed by atoms with Crippen molar-refractivity contribution < 1.29 is 9.53 Å². The third-order valence-corrected chi connectivity index (χ3v) is 2.59. The van der Waals surface area contributed by atoms with Gasteiger partial charge in [0.2, 0.25) is 5.91 Å². The minimum Gasteiger partial charge on any atom is -0.360 e. The molecule has 1 heterocycles. The van der Waals surface area contributed by atoms with Crippen LogP contribution in [0, 0.1) is 16.7 Å². The van der Waals surface area contributed by atoms with Crippen molar-refractivity contribution in [1.82, 2.24) is 4.90 Å². The van der Waals surface area contributed by atoms with Gasteiger partial charge in [0.25, 0.3) is 0 Å². The molecule has 15 heavy (non-hydrogen) atoms. The van der Waals surface area contributed by atoms with Crippen LogP contribution in [-0.4, -0.2) is 43.2 Å². The molecule has 1 aliphatic rings. The molecule has 0 aromatic carbocycles. The second-order valence-corrected chi connectivity index (χ2v) is 4.33. The predicted octanol–water partition coefficient (Wildman–Crippen LogP) is -0.278. The number of nitrogens with two attached hydrogens (primary N) is 1. The Balaban J connectivity index is 2.65. The number of rotatable bonds is 2. The molecule has 0 spiro atoms. The summed E-state index contributed by atoms with van der Waals surface area (Å²) in [5.41, 5.74) is 4.98. The van der Waals surface area contributed by atoms with Crippen LogP contribution in [0.5, 0.6) is 0 Å². The Morgan fingerprint density at radius 1 is 1.73 bits per heavy atom. The largest absolute Gasteiger partial charge is 0.360 e. The van der Waals surface area contributed by atoms with Gasteiger partial charge in [-0.15, -0.1) is 0 Å². The molecule has 0 aromatic heterocycles. The number of morpholine rings is 1. The molecule has 1 atom stereocenters. The van der Waals surface area contributed by atoms with E-state index in [2.05, 4.69) is 0 Å². The zero-order valence-corrected chi connectivity index (χ0v) is 9.19. The second-order valence-electron chi connectivity index (χ2n) is 4.33. The lowest BCUT2D eigenvalue weighted by atomic mass is 9.91. The highest BCUT2D eigenvalue weighted by atomic mass is 16.5. The molecule has 5 heteroatoms. The van der Waals surface area contributed by atoms with E-state index in [0.717, 1.165) is 0 Å². The van der Waals surface area contributed by atoms with Crippen LogP contribution in [-0.2, 0) is 9.53 Å². The van der Waals surface area contributed by atoms with Gasteiger partial charge in [-0.25, -0.2) is 0 Å². The molecule has 84 valence electrons. The van der Waals surface area contributed by atoms with Crippen molar-refractivity contribution in [3.8, 4) is 6.07 Å². The maximum absolute atomic E-state index is 12.0. The van der Waals surface area contributed by atoms with Gasteiger partial charge in [-0.1, -0.05) is 0 Å². The molecule has 1 saturated heterocycles. The van der Waals surface area contributed by atoms with Crippen LogP contribution in [0.25, 0.3) is 0 Å². The summed E-state index contributed by atoms with van der Waals surface area (Å²) in [6, 6.07) is 2.01. The summed E-state index contributed by atoms with van der Waals surface area (Å²) in [5, 5.41) is 8.71. The van der Waals surface area contributed by atoms with Gasteiger partial charge in [-0.05, 0) is 13.8 Å².